The third-order valence-electron chi connectivity index (χ3n) is 3.43. The molecule has 3 rings (SSSR count). The molecule has 0 amide bonds. The van der Waals surface area contributed by atoms with Gasteiger partial charge in [0, 0.05) is 5.56 Å². The molecule has 0 radical (unpaired) electrons. The van der Waals surface area contributed by atoms with Crippen molar-refractivity contribution in [2.24, 2.45) is 0 Å². The molecule has 3 nitrogen and oxygen atoms in total. The van der Waals surface area contributed by atoms with E-state index in [1.807, 2.05) is 24.3 Å². The Morgan fingerprint density at radius 2 is 1.68 bits per heavy atom. The SMILES string of the molecule is CC(C)c1ccc(-c2nc3ccccc3n2N)cc1. The van der Waals surface area contributed by atoms with Gasteiger partial charge in [0.1, 0.15) is 0 Å². The Hall–Kier alpha value is -2.29. The second-order valence-corrected chi connectivity index (χ2v) is 5.07. The molecule has 2 aromatic carbocycles. The van der Waals surface area contributed by atoms with Crippen LogP contribution >= 0.6 is 0 Å². The lowest BCUT2D eigenvalue weighted by Crippen LogP contribution is -2.09. The fraction of sp³-hybridized carbons (Fsp3) is 0.188. The van der Waals surface area contributed by atoms with Gasteiger partial charge in [-0.3, -0.25) is 0 Å². The number of nitrogen functional groups attached to an aromatic ring is 1. The highest BCUT2D eigenvalue weighted by Crippen LogP contribution is 2.24. The molecule has 96 valence electrons. The molecule has 2 N–H and O–H groups in total. The normalized spacial score (nSPS) is 11.3. The third kappa shape index (κ3) is 1.97. The van der Waals surface area contributed by atoms with Crippen LogP contribution in [0.15, 0.2) is 48.5 Å². The van der Waals surface area contributed by atoms with Crippen LogP contribution in [0.4, 0.5) is 0 Å². The Bertz CT molecular complexity index is 708. The second-order valence-electron chi connectivity index (χ2n) is 5.07. The minimum atomic E-state index is 0.533. The Morgan fingerprint density at radius 1 is 1.00 bits per heavy atom. The topological polar surface area (TPSA) is 43.8 Å². The Morgan fingerprint density at radius 3 is 2.32 bits per heavy atom. The van der Waals surface area contributed by atoms with Crippen LogP contribution in [0.2, 0.25) is 0 Å². The predicted octanol–water partition coefficient (Wildman–Crippen LogP) is 3.54. The van der Waals surface area contributed by atoms with Gasteiger partial charge in [0.05, 0.1) is 11.0 Å². The van der Waals surface area contributed by atoms with E-state index in [1.165, 1.54) is 5.56 Å². The van der Waals surface area contributed by atoms with Crippen molar-refractivity contribution in [2.45, 2.75) is 19.8 Å². The lowest BCUT2D eigenvalue weighted by Gasteiger charge is -2.07. The van der Waals surface area contributed by atoms with Crippen molar-refractivity contribution in [3.63, 3.8) is 0 Å². The molecule has 0 saturated carbocycles. The van der Waals surface area contributed by atoms with E-state index in [4.69, 9.17) is 5.84 Å². The number of rotatable bonds is 2. The largest absolute Gasteiger partial charge is 0.337 e. The molecule has 0 bridgehead atoms. The van der Waals surface area contributed by atoms with E-state index in [2.05, 4.69) is 43.1 Å². The van der Waals surface area contributed by atoms with Crippen molar-refractivity contribution >= 4 is 11.0 Å². The molecule has 0 saturated heterocycles. The van der Waals surface area contributed by atoms with Gasteiger partial charge in [-0.1, -0.05) is 50.2 Å². The van der Waals surface area contributed by atoms with E-state index in [0.29, 0.717) is 5.92 Å². The fourth-order valence-corrected chi connectivity index (χ4v) is 2.27. The summed E-state index contributed by atoms with van der Waals surface area (Å²) in [5.74, 6) is 7.46. The van der Waals surface area contributed by atoms with E-state index in [9.17, 15) is 0 Å². The molecule has 0 spiro atoms. The zero-order chi connectivity index (χ0) is 13.4. The molecular weight excluding hydrogens is 234 g/mol. The van der Waals surface area contributed by atoms with Crippen molar-refractivity contribution < 1.29 is 0 Å². The second kappa shape index (κ2) is 4.43. The standard InChI is InChI=1S/C16H17N3/c1-11(2)12-7-9-13(10-8-12)16-18-14-5-3-4-6-15(14)19(16)17/h3-11H,17H2,1-2H3. The fourth-order valence-electron chi connectivity index (χ4n) is 2.27. The summed E-state index contributed by atoms with van der Waals surface area (Å²) in [6.45, 7) is 4.38. The summed E-state index contributed by atoms with van der Waals surface area (Å²) in [7, 11) is 0. The van der Waals surface area contributed by atoms with E-state index < -0.39 is 0 Å². The van der Waals surface area contributed by atoms with Crippen molar-refractivity contribution in [3.8, 4) is 11.4 Å². The van der Waals surface area contributed by atoms with Gasteiger partial charge in [-0.2, -0.15) is 0 Å². The van der Waals surface area contributed by atoms with Gasteiger partial charge in [-0.05, 0) is 23.6 Å². The number of fused-ring (bicyclic) bond motifs is 1. The highest BCUT2D eigenvalue weighted by Gasteiger charge is 2.10. The first-order valence-electron chi connectivity index (χ1n) is 6.49. The summed E-state index contributed by atoms with van der Waals surface area (Å²) in [6, 6.07) is 16.3. The molecule has 0 aliphatic heterocycles. The molecule has 0 fully saturated rings. The van der Waals surface area contributed by atoms with Crippen molar-refractivity contribution in [3.05, 3.63) is 54.1 Å². The number of benzene rings is 2. The molecule has 1 heterocycles. The van der Waals surface area contributed by atoms with Crippen LogP contribution in [0.5, 0.6) is 0 Å². The van der Waals surface area contributed by atoms with Crippen molar-refractivity contribution in [1.82, 2.24) is 9.66 Å². The smallest absolute Gasteiger partial charge is 0.159 e. The lowest BCUT2D eigenvalue weighted by molar-refractivity contribution is 0.866. The quantitative estimate of drug-likeness (QED) is 0.708. The maximum atomic E-state index is 6.12. The number of hydrogen-bond donors (Lipinski definition) is 1. The summed E-state index contributed by atoms with van der Waals surface area (Å²) in [5.41, 5.74) is 4.24. The molecule has 3 aromatic rings. The zero-order valence-corrected chi connectivity index (χ0v) is 11.2. The first-order valence-corrected chi connectivity index (χ1v) is 6.49. The average molecular weight is 251 g/mol. The monoisotopic (exact) mass is 251 g/mol. The van der Waals surface area contributed by atoms with Crippen LogP contribution in [0.1, 0.15) is 25.3 Å². The predicted molar refractivity (Wildman–Crippen MR) is 79.4 cm³/mol. The van der Waals surface area contributed by atoms with E-state index in [0.717, 1.165) is 22.4 Å². The molecular formula is C16H17N3. The van der Waals surface area contributed by atoms with Crippen LogP contribution in [-0.4, -0.2) is 9.66 Å². The molecule has 3 heteroatoms. The minimum Gasteiger partial charge on any atom is -0.337 e. The summed E-state index contributed by atoms with van der Waals surface area (Å²) < 4.78 is 1.65. The van der Waals surface area contributed by atoms with Crippen LogP contribution in [0.25, 0.3) is 22.4 Å². The van der Waals surface area contributed by atoms with Crippen LogP contribution < -0.4 is 5.84 Å². The van der Waals surface area contributed by atoms with Gasteiger partial charge in [0.15, 0.2) is 5.82 Å². The van der Waals surface area contributed by atoms with Crippen molar-refractivity contribution in [2.75, 3.05) is 5.84 Å². The van der Waals surface area contributed by atoms with E-state index in [-0.39, 0.29) is 0 Å². The molecule has 0 unspecified atom stereocenters. The van der Waals surface area contributed by atoms with Crippen LogP contribution in [0, 0.1) is 0 Å². The highest BCUT2D eigenvalue weighted by molar-refractivity contribution is 5.80. The lowest BCUT2D eigenvalue weighted by atomic mass is 10.0. The van der Waals surface area contributed by atoms with Gasteiger partial charge in [0.25, 0.3) is 0 Å². The van der Waals surface area contributed by atoms with Gasteiger partial charge < -0.3 is 5.84 Å². The first-order chi connectivity index (χ1) is 9.16. The average Bonchev–Trinajstić information content (AvgIpc) is 2.77. The Balaban J connectivity index is 2.11. The third-order valence-corrected chi connectivity index (χ3v) is 3.43. The van der Waals surface area contributed by atoms with Gasteiger partial charge >= 0.3 is 0 Å². The Kier molecular flexibility index (Phi) is 2.75. The summed E-state index contributed by atoms with van der Waals surface area (Å²) in [6.07, 6.45) is 0. The number of nitrogens with zero attached hydrogens (tertiary/aromatic N) is 2. The summed E-state index contributed by atoms with van der Waals surface area (Å²) >= 11 is 0. The molecule has 19 heavy (non-hydrogen) atoms. The first kappa shape index (κ1) is 11.8. The summed E-state index contributed by atoms with van der Waals surface area (Å²) in [5, 5.41) is 0. The number of hydrogen-bond acceptors (Lipinski definition) is 2. The molecule has 0 aliphatic rings. The van der Waals surface area contributed by atoms with Gasteiger partial charge in [0.2, 0.25) is 0 Å². The maximum absolute atomic E-state index is 6.12. The van der Waals surface area contributed by atoms with Crippen molar-refractivity contribution in [1.29, 1.82) is 0 Å². The van der Waals surface area contributed by atoms with E-state index >= 15 is 0 Å². The number of imidazole rings is 1. The van der Waals surface area contributed by atoms with Gasteiger partial charge in [-0.25, -0.2) is 9.66 Å². The van der Waals surface area contributed by atoms with E-state index in [1.54, 1.807) is 4.68 Å². The van der Waals surface area contributed by atoms with Gasteiger partial charge in [-0.15, -0.1) is 0 Å². The maximum Gasteiger partial charge on any atom is 0.159 e. The highest BCUT2D eigenvalue weighted by atomic mass is 15.3. The zero-order valence-electron chi connectivity index (χ0n) is 11.2. The molecule has 1 aromatic heterocycles. The minimum absolute atomic E-state index is 0.533. The van der Waals surface area contributed by atoms with Crippen LogP contribution in [0.3, 0.4) is 0 Å². The summed E-state index contributed by atoms with van der Waals surface area (Å²) in [4.78, 5) is 4.59. The molecule has 0 aliphatic carbocycles. The molecule has 0 atom stereocenters. The number of para-hydroxylation sites is 2. The number of nitrogens with two attached hydrogens (primary N) is 1. The number of aromatic nitrogens is 2. The Labute approximate surface area is 112 Å². The van der Waals surface area contributed by atoms with Crippen LogP contribution in [-0.2, 0) is 0 Å².